The van der Waals surface area contributed by atoms with E-state index in [9.17, 15) is 4.79 Å². The highest BCUT2D eigenvalue weighted by Crippen LogP contribution is 2.21. The number of para-hydroxylation sites is 1. The Morgan fingerprint density at radius 2 is 1.76 bits per heavy atom. The van der Waals surface area contributed by atoms with Crippen LogP contribution in [0.25, 0.3) is 22.0 Å². The van der Waals surface area contributed by atoms with Crippen LogP contribution >= 0.6 is 0 Å². The van der Waals surface area contributed by atoms with Crippen LogP contribution in [0.1, 0.15) is 11.4 Å². The van der Waals surface area contributed by atoms with Crippen molar-refractivity contribution in [1.29, 1.82) is 0 Å². The number of aryl methyl sites for hydroxylation is 1. The number of urea groups is 1. The summed E-state index contributed by atoms with van der Waals surface area (Å²) in [6, 6.07) is 23.6. The quantitative estimate of drug-likeness (QED) is 0.512. The van der Waals surface area contributed by atoms with Crippen molar-refractivity contribution in [1.82, 2.24) is 15.3 Å². The Kier molecular flexibility index (Phi) is 5.47. The van der Waals surface area contributed by atoms with Gasteiger partial charge in [-0.1, -0.05) is 36.4 Å². The highest BCUT2D eigenvalue weighted by molar-refractivity contribution is 5.89. The minimum Gasteiger partial charge on any atom is -0.337 e. The van der Waals surface area contributed by atoms with E-state index in [1.807, 2.05) is 73.7 Å². The molecule has 0 bridgehead atoms. The molecule has 5 nitrogen and oxygen atoms in total. The van der Waals surface area contributed by atoms with Gasteiger partial charge >= 0.3 is 6.03 Å². The number of hydrogen-bond acceptors (Lipinski definition) is 3. The van der Waals surface area contributed by atoms with Gasteiger partial charge in [-0.05, 0) is 54.4 Å². The van der Waals surface area contributed by atoms with E-state index in [1.54, 1.807) is 6.20 Å². The van der Waals surface area contributed by atoms with Crippen LogP contribution in [0.3, 0.4) is 0 Å². The number of anilines is 1. The molecule has 0 unspecified atom stereocenters. The molecule has 0 atom stereocenters. The normalized spacial score (nSPS) is 10.7. The van der Waals surface area contributed by atoms with Gasteiger partial charge in [-0.15, -0.1) is 0 Å². The standard InChI is InChI=1S/C24H22N4O/c1-17-16-20(12-14-25-17)18-6-9-21(10-7-18)28-24(29)26-15-13-22-11-8-19-4-2-3-5-23(19)27-22/h2-12,14,16H,13,15H2,1H3,(H2,26,28,29). The van der Waals surface area contributed by atoms with Crippen molar-refractivity contribution in [3.63, 3.8) is 0 Å². The van der Waals surface area contributed by atoms with Crippen molar-refractivity contribution in [3.05, 3.63) is 90.4 Å². The van der Waals surface area contributed by atoms with E-state index >= 15 is 0 Å². The molecule has 2 N–H and O–H groups in total. The fraction of sp³-hybridized carbons (Fsp3) is 0.125. The van der Waals surface area contributed by atoms with Crippen LogP contribution in [0, 0.1) is 6.92 Å². The lowest BCUT2D eigenvalue weighted by Gasteiger charge is -2.09. The van der Waals surface area contributed by atoms with Crippen LogP contribution in [0.4, 0.5) is 10.5 Å². The SMILES string of the molecule is Cc1cc(-c2ccc(NC(=O)NCCc3ccc4ccccc4n3)cc2)ccn1. The summed E-state index contributed by atoms with van der Waals surface area (Å²) >= 11 is 0. The molecule has 144 valence electrons. The highest BCUT2D eigenvalue weighted by atomic mass is 16.2. The van der Waals surface area contributed by atoms with Gasteiger partial charge in [0.15, 0.2) is 0 Å². The van der Waals surface area contributed by atoms with Crippen LogP contribution in [-0.4, -0.2) is 22.5 Å². The maximum absolute atomic E-state index is 12.2. The van der Waals surface area contributed by atoms with Gasteiger partial charge in [-0.25, -0.2) is 4.79 Å². The first-order chi connectivity index (χ1) is 14.2. The molecule has 2 aromatic heterocycles. The van der Waals surface area contributed by atoms with Crippen LogP contribution in [0.5, 0.6) is 0 Å². The lowest BCUT2D eigenvalue weighted by molar-refractivity contribution is 0.252. The minimum absolute atomic E-state index is 0.224. The molecule has 4 rings (SSSR count). The monoisotopic (exact) mass is 382 g/mol. The van der Waals surface area contributed by atoms with Crippen molar-refractivity contribution in [2.75, 3.05) is 11.9 Å². The molecule has 0 aliphatic carbocycles. The average Bonchev–Trinajstić information content (AvgIpc) is 2.74. The maximum atomic E-state index is 12.2. The Morgan fingerprint density at radius 1 is 0.931 bits per heavy atom. The summed E-state index contributed by atoms with van der Waals surface area (Å²) in [6.45, 7) is 2.49. The van der Waals surface area contributed by atoms with Crippen LogP contribution in [0.15, 0.2) is 79.0 Å². The fourth-order valence-electron chi connectivity index (χ4n) is 3.20. The molecule has 0 saturated carbocycles. The number of aromatic nitrogens is 2. The lowest BCUT2D eigenvalue weighted by atomic mass is 10.1. The van der Waals surface area contributed by atoms with E-state index in [0.717, 1.165) is 39.1 Å². The molecular weight excluding hydrogens is 360 g/mol. The number of nitrogens with one attached hydrogen (secondary N) is 2. The van der Waals surface area contributed by atoms with Gasteiger partial charge in [-0.2, -0.15) is 0 Å². The first-order valence-electron chi connectivity index (χ1n) is 9.60. The van der Waals surface area contributed by atoms with Crippen LogP contribution < -0.4 is 10.6 Å². The van der Waals surface area contributed by atoms with Gasteiger partial charge in [0.1, 0.15) is 0 Å². The minimum atomic E-state index is -0.224. The van der Waals surface area contributed by atoms with E-state index in [2.05, 4.69) is 26.7 Å². The zero-order valence-corrected chi connectivity index (χ0v) is 16.2. The van der Waals surface area contributed by atoms with E-state index in [0.29, 0.717) is 13.0 Å². The van der Waals surface area contributed by atoms with Gasteiger partial charge in [0.05, 0.1) is 5.52 Å². The number of pyridine rings is 2. The first-order valence-corrected chi connectivity index (χ1v) is 9.60. The Labute approximate surface area is 169 Å². The highest BCUT2D eigenvalue weighted by Gasteiger charge is 2.04. The summed E-state index contributed by atoms with van der Waals surface area (Å²) < 4.78 is 0. The second-order valence-corrected chi connectivity index (χ2v) is 6.89. The number of carbonyl (C=O) groups excluding carboxylic acids is 1. The van der Waals surface area contributed by atoms with E-state index in [1.165, 1.54) is 0 Å². The zero-order valence-electron chi connectivity index (χ0n) is 16.2. The molecular formula is C24H22N4O. The third kappa shape index (κ3) is 4.76. The number of rotatable bonds is 5. The van der Waals surface area contributed by atoms with Gasteiger partial charge in [-0.3, -0.25) is 9.97 Å². The molecule has 0 fully saturated rings. The Balaban J connectivity index is 1.30. The molecule has 0 aliphatic heterocycles. The maximum Gasteiger partial charge on any atom is 0.319 e. The summed E-state index contributed by atoms with van der Waals surface area (Å²) in [5, 5.41) is 6.87. The topological polar surface area (TPSA) is 66.9 Å². The third-order valence-electron chi connectivity index (χ3n) is 4.70. The molecule has 0 spiro atoms. The summed E-state index contributed by atoms with van der Waals surface area (Å²) in [4.78, 5) is 21.0. The summed E-state index contributed by atoms with van der Waals surface area (Å²) in [6.07, 6.45) is 2.48. The predicted octanol–water partition coefficient (Wildman–Crippen LogP) is 4.97. The molecule has 29 heavy (non-hydrogen) atoms. The van der Waals surface area contributed by atoms with E-state index in [4.69, 9.17) is 0 Å². The summed E-state index contributed by atoms with van der Waals surface area (Å²) in [5.74, 6) is 0. The largest absolute Gasteiger partial charge is 0.337 e. The number of amides is 2. The van der Waals surface area contributed by atoms with Crippen molar-refractivity contribution in [2.24, 2.45) is 0 Å². The number of hydrogen-bond donors (Lipinski definition) is 2. The van der Waals surface area contributed by atoms with Crippen molar-refractivity contribution >= 4 is 22.6 Å². The van der Waals surface area contributed by atoms with E-state index < -0.39 is 0 Å². The molecule has 2 aromatic carbocycles. The van der Waals surface area contributed by atoms with Crippen molar-refractivity contribution in [3.8, 4) is 11.1 Å². The molecule has 5 heteroatoms. The lowest BCUT2D eigenvalue weighted by Crippen LogP contribution is -2.30. The van der Waals surface area contributed by atoms with Gasteiger partial charge in [0.2, 0.25) is 0 Å². The fourth-order valence-corrected chi connectivity index (χ4v) is 3.20. The summed E-state index contributed by atoms with van der Waals surface area (Å²) in [7, 11) is 0. The first kappa shape index (κ1) is 18.6. The van der Waals surface area contributed by atoms with Gasteiger partial charge < -0.3 is 10.6 Å². The molecule has 0 radical (unpaired) electrons. The number of fused-ring (bicyclic) bond motifs is 1. The number of carbonyl (C=O) groups is 1. The van der Waals surface area contributed by atoms with Crippen LogP contribution in [-0.2, 0) is 6.42 Å². The average molecular weight is 382 g/mol. The van der Waals surface area contributed by atoms with E-state index in [-0.39, 0.29) is 6.03 Å². The van der Waals surface area contributed by atoms with Crippen molar-refractivity contribution in [2.45, 2.75) is 13.3 Å². The number of benzene rings is 2. The second kappa shape index (κ2) is 8.52. The van der Waals surface area contributed by atoms with Gasteiger partial charge in [0, 0.05) is 41.6 Å². The molecule has 0 saturated heterocycles. The molecule has 4 aromatic rings. The Hall–Kier alpha value is -3.73. The second-order valence-electron chi connectivity index (χ2n) is 6.89. The zero-order chi connectivity index (χ0) is 20.1. The Morgan fingerprint density at radius 3 is 2.59 bits per heavy atom. The molecule has 2 heterocycles. The summed E-state index contributed by atoms with van der Waals surface area (Å²) in [5.41, 5.74) is 5.85. The molecule has 0 aliphatic rings. The van der Waals surface area contributed by atoms with Crippen molar-refractivity contribution < 1.29 is 4.79 Å². The number of nitrogens with zero attached hydrogens (tertiary/aromatic N) is 2. The van der Waals surface area contributed by atoms with Gasteiger partial charge in [0.25, 0.3) is 0 Å². The Bertz CT molecular complexity index is 1140. The molecule has 2 amide bonds. The van der Waals surface area contributed by atoms with Crippen LogP contribution in [0.2, 0.25) is 0 Å². The third-order valence-corrected chi connectivity index (χ3v) is 4.70. The predicted molar refractivity (Wildman–Crippen MR) is 117 cm³/mol. The smallest absolute Gasteiger partial charge is 0.319 e.